The molecule has 1 amide bonds. The summed E-state index contributed by atoms with van der Waals surface area (Å²) in [6.07, 6.45) is 0.450. The molecule has 1 aromatic heterocycles. The molecule has 0 spiro atoms. The smallest absolute Gasteiger partial charge is 0.224 e. The molecule has 0 aliphatic carbocycles. The average Bonchev–Trinajstić information content (AvgIpc) is 2.82. The molecule has 1 fully saturated rings. The molecule has 2 heterocycles. The Labute approximate surface area is 136 Å². The number of rotatable bonds is 4. The molecule has 5 nitrogen and oxygen atoms in total. The van der Waals surface area contributed by atoms with Gasteiger partial charge in [-0.05, 0) is 6.92 Å². The molecule has 2 rings (SSSR count). The first-order valence-electron chi connectivity index (χ1n) is 6.28. The second-order valence-electron chi connectivity index (χ2n) is 4.82. The number of nitrogens with zero attached hydrogens (tertiary/aromatic N) is 3. The van der Waals surface area contributed by atoms with Gasteiger partial charge < -0.3 is 10.6 Å². The van der Waals surface area contributed by atoms with E-state index in [-0.39, 0.29) is 36.8 Å². The van der Waals surface area contributed by atoms with Crippen molar-refractivity contribution in [1.82, 2.24) is 14.8 Å². The molecule has 0 bridgehead atoms. The minimum absolute atomic E-state index is 0. The molecule has 0 radical (unpaired) electrons. The number of carbonyl (C=O) groups is 1. The van der Waals surface area contributed by atoms with Gasteiger partial charge in [-0.1, -0.05) is 0 Å². The molecule has 20 heavy (non-hydrogen) atoms. The van der Waals surface area contributed by atoms with Crippen molar-refractivity contribution < 1.29 is 4.79 Å². The topological polar surface area (TPSA) is 62.5 Å². The van der Waals surface area contributed by atoms with E-state index in [1.165, 1.54) is 0 Å². The summed E-state index contributed by atoms with van der Waals surface area (Å²) in [5.74, 6) is 0.179. The third-order valence-corrected chi connectivity index (χ3v) is 3.73. The van der Waals surface area contributed by atoms with Crippen molar-refractivity contribution in [3.05, 3.63) is 16.6 Å². The highest BCUT2D eigenvalue weighted by Crippen LogP contribution is 2.09. The van der Waals surface area contributed by atoms with E-state index in [1.54, 1.807) is 11.3 Å². The zero-order valence-electron chi connectivity index (χ0n) is 11.5. The second-order valence-corrected chi connectivity index (χ2v) is 5.54. The first-order valence-corrected chi connectivity index (χ1v) is 7.22. The molecule has 1 aromatic rings. The van der Waals surface area contributed by atoms with E-state index in [9.17, 15) is 4.79 Å². The van der Waals surface area contributed by atoms with Gasteiger partial charge in [0.1, 0.15) is 0 Å². The van der Waals surface area contributed by atoms with E-state index in [4.69, 9.17) is 5.73 Å². The normalized spacial score (nSPS) is 17.0. The third kappa shape index (κ3) is 5.93. The van der Waals surface area contributed by atoms with E-state index < -0.39 is 0 Å². The Morgan fingerprint density at radius 2 is 2.05 bits per heavy atom. The molecule has 116 valence electrons. The van der Waals surface area contributed by atoms with Crippen LogP contribution >= 0.6 is 36.2 Å². The van der Waals surface area contributed by atoms with Gasteiger partial charge in [0.25, 0.3) is 0 Å². The number of nitrogens with two attached hydrogens (primary N) is 1. The van der Waals surface area contributed by atoms with Gasteiger partial charge >= 0.3 is 0 Å². The summed E-state index contributed by atoms with van der Waals surface area (Å²) in [6, 6.07) is -0.0504. The van der Waals surface area contributed by atoms with Gasteiger partial charge in [0.05, 0.1) is 11.2 Å². The number of carbonyl (C=O) groups excluding carboxylic acids is 1. The molecule has 1 aliphatic heterocycles. The van der Waals surface area contributed by atoms with Crippen molar-refractivity contribution >= 4 is 42.1 Å². The predicted molar refractivity (Wildman–Crippen MR) is 86.7 cm³/mol. The maximum atomic E-state index is 11.8. The molecule has 2 N–H and O–H groups in total. The summed E-state index contributed by atoms with van der Waals surface area (Å²) >= 11 is 1.62. The monoisotopic (exact) mass is 340 g/mol. The molecule has 1 atom stereocenters. The Bertz CT molecular complexity index is 381. The fourth-order valence-corrected chi connectivity index (χ4v) is 2.65. The number of hydrogen-bond donors (Lipinski definition) is 1. The average molecular weight is 341 g/mol. The summed E-state index contributed by atoms with van der Waals surface area (Å²) in [7, 11) is 0. The lowest BCUT2D eigenvalue weighted by molar-refractivity contribution is -0.133. The third-order valence-electron chi connectivity index (χ3n) is 3.09. The minimum Gasteiger partial charge on any atom is -0.340 e. The van der Waals surface area contributed by atoms with Crippen molar-refractivity contribution in [2.45, 2.75) is 25.9 Å². The van der Waals surface area contributed by atoms with Crippen LogP contribution in [0.3, 0.4) is 0 Å². The van der Waals surface area contributed by atoms with Gasteiger partial charge in [0, 0.05) is 50.6 Å². The van der Waals surface area contributed by atoms with Crippen LogP contribution in [0.5, 0.6) is 0 Å². The van der Waals surface area contributed by atoms with Gasteiger partial charge in [-0.2, -0.15) is 0 Å². The van der Waals surface area contributed by atoms with Gasteiger partial charge in [0.2, 0.25) is 5.91 Å². The predicted octanol–water partition coefficient (Wildman–Crippen LogP) is 1.37. The van der Waals surface area contributed by atoms with Crippen LogP contribution in [0.2, 0.25) is 0 Å². The van der Waals surface area contributed by atoms with Gasteiger partial charge in [-0.15, -0.1) is 36.2 Å². The van der Waals surface area contributed by atoms with Crippen LogP contribution in [0, 0.1) is 0 Å². The lowest BCUT2D eigenvalue weighted by Gasteiger charge is -2.34. The summed E-state index contributed by atoms with van der Waals surface area (Å²) in [4.78, 5) is 20.4. The fraction of sp³-hybridized carbons (Fsp3) is 0.667. The van der Waals surface area contributed by atoms with Crippen LogP contribution < -0.4 is 5.73 Å². The Kier molecular flexibility index (Phi) is 9.33. The van der Waals surface area contributed by atoms with Crippen molar-refractivity contribution in [2.24, 2.45) is 5.73 Å². The highest BCUT2D eigenvalue weighted by Gasteiger charge is 2.21. The van der Waals surface area contributed by atoms with Crippen LogP contribution in [-0.2, 0) is 11.3 Å². The van der Waals surface area contributed by atoms with Gasteiger partial charge in [-0.25, -0.2) is 4.98 Å². The van der Waals surface area contributed by atoms with E-state index in [1.807, 2.05) is 17.3 Å². The summed E-state index contributed by atoms with van der Waals surface area (Å²) < 4.78 is 0. The van der Waals surface area contributed by atoms with Crippen molar-refractivity contribution in [1.29, 1.82) is 0 Å². The molecular formula is C12H22Cl2N4OS. The highest BCUT2D eigenvalue weighted by molar-refractivity contribution is 7.07. The maximum absolute atomic E-state index is 11.8. The van der Waals surface area contributed by atoms with Crippen molar-refractivity contribution in [3.8, 4) is 0 Å². The zero-order chi connectivity index (χ0) is 13.0. The van der Waals surface area contributed by atoms with E-state index in [0.29, 0.717) is 6.42 Å². The van der Waals surface area contributed by atoms with Crippen LogP contribution in [0.15, 0.2) is 10.9 Å². The molecule has 1 saturated heterocycles. The van der Waals surface area contributed by atoms with Crippen LogP contribution in [0.4, 0.5) is 0 Å². The van der Waals surface area contributed by atoms with Crippen molar-refractivity contribution in [2.75, 3.05) is 26.2 Å². The molecule has 0 aromatic carbocycles. The van der Waals surface area contributed by atoms with E-state index in [2.05, 4.69) is 15.3 Å². The highest BCUT2D eigenvalue weighted by atomic mass is 35.5. The van der Waals surface area contributed by atoms with Crippen molar-refractivity contribution in [3.63, 3.8) is 0 Å². The van der Waals surface area contributed by atoms with Crippen LogP contribution in [0.25, 0.3) is 0 Å². The molecule has 1 aliphatic rings. The molecule has 0 saturated carbocycles. The van der Waals surface area contributed by atoms with Gasteiger partial charge in [-0.3, -0.25) is 9.69 Å². The van der Waals surface area contributed by atoms with Crippen LogP contribution in [-0.4, -0.2) is 52.9 Å². The first kappa shape index (κ1) is 19.6. The number of hydrogen-bond acceptors (Lipinski definition) is 5. The summed E-state index contributed by atoms with van der Waals surface area (Å²) in [6.45, 7) is 6.20. The number of halogens is 2. The second kappa shape index (κ2) is 9.52. The van der Waals surface area contributed by atoms with Gasteiger partial charge in [0.15, 0.2) is 0 Å². The number of amides is 1. The number of piperazine rings is 1. The summed E-state index contributed by atoms with van der Waals surface area (Å²) in [5, 5.41) is 2.08. The zero-order valence-corrected chi connectivity index (χ0v) is 14.0. The molecule has 1 unspecified atom stereocenters. The number of thiazole rings is 1. The Morgan fingerprint density at radius 3 is 2.55 bits per heavy atom. The maximum Gasteiger partial charge on any atom is 0.224 e. The fourth-order valence-electron chi connectivity index (χ4n) is 2.10. The largest absolute Gasteiger partial charge is 0.340 e. The Morgan fingerprint density at radius 1 is 1.40 bits per heavy atom. The SMILES string of the molecule is CC(N)CC(=O)N1CCN(Cc2cscn2)CC1.Cl.Cl. The molecule has 8 heteroatoms. The Hall–Kier alpha value is -0.400. The lowest BCUT2D eigenvalue weighted by Crippen LogP contribution is -2.49. The molecular weight excluding hydrogens is 319 g/mol. The Balaban J connectivity index is 0.00000180. The lowest BCUT2D eigenvalue weighted by atomic mass is 10.2. The first-order chi connectivity index (χ1) is 8.65. The standard InChI is InChI=1S/C12H20N4OS.2ClH/c1-10(13)6-12(17)16-4-2-15(3-5-16)7-11-8-18-9-14-11;;/h8-10H,2-7,13H2,1H3;2*1H. The number of aromatic nitrogens is 1. The van der Waals surface area contributed by atoms with E-state index in [0.717, 1.165) is 38.4 Å². The summed E-state index contributed by atoms with van der Waals surface area (Å²) in [5.41, 5.74) is 8.63. The quantitative estimate of drug-likeness (QED) is 0.899. The minimum atomic E-state index is -0.0504. The van der Waals surface area contributed by atoms with E-state index >= 15 is 0 Å². The van der Waals surface area contributed by atoms with Crippen LogP contribution in [0.1, 0.15) is 19.0 Å².